The van der Waals surface area contributed by atoms with Crippen molar-refractivity contribution < 1.29 is 27.4 Å². The van der Waals surface area contributed by atoms with E-state index in [0.717, 1.165) is 11.1 Å². The number of benzene rings is 3. The molecule has 184 valence electrons. The molecule has 0 saturated heterocycles. The van der Waals surface area contributed by atoms with E-state index in [1.807, 2.05) is 32.0 Å². The molecule has 1 heterocycles. The third-order valence-electron chi connectivity index (χ3n) is 5.63. The molecule has 8 nitrogen and oxygen atoms in total. The quantitative estimate of drug-likeness (QED) is 0.483. The van der Waals surface area contributed by atoms with Crippen LogP contribution in [-0.4, -0.2) is 39.1 Å². The van der Waals surface area contributed by atoms with Crippen LogP contribution < -0.4 is 19.5 Å². The molecule has 0 atom stereocenters. The number of amides is 1. The van der Waals surface area contributed by atoms with Gasteiger partial charge in [-0.15, -0.1) is 0 Å². The van der Waals surface area contributed by atoms with Crippen LogP contribution in [0.15, 0.2) is 65.6 Å². The summed E-state index contributed by atoms with van der Waals surface area (Å²) in [5.74, 6) is 1.58. The number of nitrogens with zero attached hydrogens (tertiary/aromatic N) is 1. The summed E-state index contributed by atoms with van der Waals surface area (Å²) in [6.07, 6.45) is 0. The number of ether oxygens (including phenoxy) is 3. The van der Waals surface area contributed by atoms with E-state index in [1.54, 1.807) is 42.5 Å². The first-order chi connectivity index (χ1) is 16.8. The average Bonchev–Trinajstić information content (AvgIpc) is 3.32. The van der Waals surface area contributed by atoms with Gasteiger partial charge in [0.25, 0.3) is 5.91 Å². The maximum absolute atomic E-state index is 13.1. The Hall–Kier alpha value is -3.56. The highest BCUT2D eigenvalue weighted by molar-refractivity contribution is 7.89. The van der Waals surface area contributed by atoms with Gasteiger partial charge in [0, 0.05) is 31.3 Å². The monoisotopic (exact) mass is 496 g/mol. The Labute approximate surface area is 205 Å². The van der Waals surface area contributed by atoms with Crippen LogP contribution in [0.25, 0.3) is 0 Å². The van der Waals surface area contributed by atoms with E-state index < -0.39 is 10.0 Å². The summed E-state index contributed by atoms with van der Waals surface area (Å²) in [4.78, 5) is 13.1. The van der Waals surface area contributed by atoms with Crippen molar-refractivity contribution >= 4 is 15.9 Å². The molecule has 0 unspecified atom stereocenters. The second kappa shape index (κ2) is 10.4. The summed E-state index contributed by atoms with van der Waals surface area (Å²) < 4.78 is 43.8. The van der Waals surface area contributed by atoms with E-state index in [2.05, 4.69) is 5.32 Å². The summed E-state index contributed by atoms with van der Waals surface area (Å²) in [6.45, 7) is 4.71. The van der Waals surface area contributed by atoms with Gasteiger partial charge in [-0.3, -0.25) is 4.79 Å². The topological polar surface area (TPSA) is 94.2 Å². The van der Waals surface area contributed by atoms with Gasteiger partial charge in [-0.05, 0) is 61.9 Å². The predicted octanol–water partition coefficient (Wildman–Crippen LogP) is 3.87. The number of hydrogen-bond donors (Lipinski definition) is 1. The van der Waals surface area contributed by atoms with Gasteiger partial charge in [0.05, 0.1) is 11.5 Å². The lowest BCUT2D eigenvalue weighted by molar-refractivity contribution is 0.0950. The second-order valence-electron chi connectivity index (χ2n) is 8.20. The molecule has 3 aromatic rings. The zero-order chi connectivity index (χ0) is 25.0. The fraction of sp³-hybridized carbons (Fsp3) is 0.269. The Bertz CT molecular complexity index is 1320. The van der Waals surface area contributed by atoms with Crippen molar-refractivity contribution in [1.29, 1.82) is 0 Å². The van der Waals surface area contributed by atoms with Crippen LogP contribution in [0.2, 0.25) is 0 Å². The van der Waals surface area contributed by atoms with Gasteiger partial charge in [0.1, 0.15) is 5.75 Å². The van der Waals surface area contributed by atoms with E-state index in [1.165, 1.54) is 11.4 Å². The van der Waals surface area contributed by atoms with E-state index in [4.69, 9.17) is 14.2 Å². The number of hydrogen-bond acceptors (Lipinski definition) is 6. The molecular weight excluding hydrogens is 468 g/mol. The largest absolute Gasteiger partial charge is 0.494 e. The van der Waals surface area contributed by atoms with E-state index in [-0.39, 0.29) is 24.1 Å². The van der Waals surface area contributed by atoms with Gasteiger partial charge in [-0.2, -0.15) is 4.31 Å². The molecule has 3 aromatic carbocycles. The lowest BCUT2D eigenvalue weighted by Crippen LogP contribution is -2.27. The Morgan fingerprint density at radius 3 is 2.51 bits per heavy atom. The molecule has 0 aromatic heterocycles. The molecule has 0 spiro atoms. The maximum atomic E-state index is 13.1. The van der Waals surface area contributed by atoms with Crippen molar-refractivity contribution in [3.8, 4) is 17.2 Å². The van der Waals surface area contributed by atoms with E-state index >= 15 is 0 Å². The minimum Gasteiger partial charge on any atom is -0.494 e. The first kappa shape index (κ1) is 24.6. The zero-order valence-corrected chi connectivity index (χ0v) is 20.7. The molecule has 0 aliphatic carbocycles. The van der Waals surface area contributed by atoms with Crippen molar-refractivity contribution in [2.45, 2.75) is 31.8 Å². The number of carbonyl (C=O) groups excluding carboxylic acids is 1. The molecule has 35 heavy (non-hydrogen) atoms. The fourth-order valence-corrected chi connectivity index (χ4v) is 4.84. The zero-order valence-electron chi connectivity index (χ0n) is 19.9. The molecule has 1 N–H and O–H groups in total. The van der Waals surface area contributed by atoms with E-state index in [0.29, 0.717) is 41.5 Å². The number of carbonyl (C=O) groups is 1. The van der Waals surface area contributed by atoms with Crippen LogP contribution in [0.5, 0.6) is 17.2 Å². The fourth-order valence-electron chi connectivity index (χ4n) is 3.69. The molecule has 1 amide bonds. The summed E-state index contributed by atoms with van der Waals surface area (Å²) in [6, 6.07) is 17.2. The van der Waals surface area contributed by atoms with Crippen molar-refractivity contribution in [3.05, 3.63) is 82.9 Å². The van der Waals surface area contributed by atoms with Crippen LogP contribution in [0.4, 0.5) is 0 Å². The summed E-state index contributed by atoms with van der Waals surface area (Å²) in [5, 5.41) is 2.89. The predicted molar refractivity (Wildman–Crippen MR) is 131 cm³/mol. The lowest BCUT2D eigenvalue weighted by Gasteiger charge is -2.20. The van der Waals surface area contributed by atoms with Gasteiger partial charge in [0.2, 0.25) is 16.8 Å². The van der Waals surface area contributed by atoms with Gasteiger partial charge in [-0.25, -0.2) is 8.42 Å². The van der Waals surface area contributed by atoms with Crippen molar-refractivity contribution in [3.63, 3.8) is 0 Å². The smallest absolute Gasteiger partial charge is 0.251 e. The summed E-state index contributed by atoms with van der Waals surface area (Å²) in [7, 11) is -2.20. The molecule has 0 bridgehead atoms. The van der Waals surface area contributed by atoms with Gasteiger partial charge < -0.3 is 19.5 Å². The third-order valence-corrected chi connectivity index (χ3v) is 7.45. The Kier molecular flexibility index (Phi) is 7.28. The lowest BCUT2D eigenvalue weighted by atomic mass is 10.1. The van der Waals surface area contributed by atoms with Crippen molar-refractivity contribution in [2.75, 3.05) is 20.4 Å². The van der Waals surface area contributed by atoms with Crippen LogP contribution in [-0.2, 0) is 23.1 Å². The SMILES string of the molecule is CCOc1ccc(C(=O)NCc2ccc3c(c2)OCO3)cc1CN(C)S(=O)(=O)c1ccc(C)cc1. The third kappa shape index (κ3) is 5.58. The first-order valence-electron chi connectivity index (χ1n) is 11.2. The first-order valence-corrected chi connectivity index (χ1v) is 12.7. The highest BCUT2D eigenvalue weighted by Crippen LogP contribution is 2.32. The maximum Gasteiger partial charge on any atom is 0.251 e. The number of nitrogens with one attached hydrogen (secondary N) is 1. The molecule has 0 fully saturated rings. The molecule has 9 heteroatoms. The Morgan fingerprint density at radius 1 is 1.03 bits per heavy atom. The van der Waals surface area contributed by atoms with Gasteiger partial charge >= 0.3 is 0 Å². The molecule has 0 saturated carbocycles. The van der Waals surface area contributed by atoms with Gasteiger partial charge in [0.15, 0.2) is 11.5 Å². The normalized spacial score (nSPS) is 12.6. The number of aryl methyl sites for hydroxylation is 1. The summed E-state index contributed by atoms with van der Waals surface area (Å²) >= 11 is 0. The van der Waals surface area contributed by atoms with Crippen LogP contribution in [0.1, 0.15) is 34.0 Å². The molecular formula is C26H28N2O6S. The van der Waals surface area contributed by atoms with Crippen LogP contribution in [0.3, 0.4) is 0 Å². The average molecular weight is 497 g/mol. The molecule has 1 aliphatic rings. The van der Waals surface area contributed by atoms with Crippen molar-refractivity contribution in [2.24, 2.45) is 0 Å². The molecule has 0 radical (unpaired) electrons. The van der Waals surface area contributed by atoms with Crippen LogP contribution >= 0.6 is 0 Å². The molecule has 1 aliphatic heterocycles. The number of fused-ring (bicyclic) bond motifs is 1. The number of rotatable bonds is 9. The highest BCUT2D eigenvalue weighted by atomic mass is 32.2. The standard InChI is InChI=1S/C26H28N2O6S/c1-4-32-23-12-8-20(26(29)27-15-19-7-11-24-25(13-19)34-17-33-24)14-21(23)16-28(3)35(30,31)22-9-5-18(2)6-10-22/h5-14H,4,15-17H2,1-3H3,(H,27,29). The number of sulfonamides is 1. The minimum atomic E-state index is -3.71. The Morgan fingerprint density at radius 2 is 1.77 bits per heavy atom. The van der Waals surface area contributed by atoms with E-state index in [9.17, 15) is 13.2 Å². The van der Waals surface area contributed by atoms with Crippen LogP contribution in [0, 0.1) is 6.92 Å². The second-order valence-corrected chi connectivity index (χ2v) is 10.2. The minimum absolute atomic E-state index is 0.0504. The highest BCUT2D eigenvalue weighted by Gasteiger charge is 2.23. The summed E-state index contributed by atoms with van der Waals surface area (Å²) in [5.41, 5.74) is 2.86. The Balaban J connectivity index is 1.50. The molecule has 4 rings (SSSR count). The van der Waals surface area contributed by atoms with Crippen molar-refractivity contribution in [1.82, 2.24) is 9.62 Å². The van der Waals surface area contributed by atoms with Gasteiger partial charge in [-0.1, -0.05) is 23.8 Å².